The smallest absolute Gasteiger partial charge is 0.388 e. The Bertz CT molecular complexity index is 377. The summed E-state index contributed by atoms with van der Waals surface area (Å²) in [6.45, 7) is 1.97. The minimum atomic E-state index is -4.40. The molecule has 0 fully saturated rings. The number of hydrogen-bond acceptors (Lipinski definition) is 1. The molecule has 1 aromatic carbocycles. The van der Waals surface area contributed by atoms with Crippen LogP contribution in [0, 0.1) is 0 Å². The van der Waals surface area contributed by atoms with Gasteiger partial charge in [-0.3, -0.25) is 0 Å². The lowest BCUT2D eigenvalue weighted by Gasteiger charge is -2.14. The Balaban J connectivity index is 2.96. The minimum Gasteiger partial charge on any atom is -0.388 e. The van der Waals surface area contributed by atoms with E-state index < -0.39 is 17.8 Å². The van der Waals surface area contributed by atoms with Gasteiger partial charge in [-0.2, -0.15) is 13.2 Å². The second kappa shape index (κ2) is 5.87. The van der Waals surface area contributed by atoms with Crippen LogP contribution in [0.2, 0.25) is 0 Å². The van der Waals surface area contributed by atoms with Crippen LogP contribution in [0.1, 0.15) is 43.4 Å². The first-order chi connectivity index (χ1) is 7.86. The average Bonchev–Trinajstić information content (AvgIpc) is 2.25. The van der Waals surface area contributed by atoms with Gasteiger partial charge in [-0.15, -0.1) is 0 Å². The zero-order valence-electron chi connectivity index (χ0n) is 9.39. The van der Waals surface area contributed by atoms with E-state index >= 15 is 0 Å². The summed E-state index contributed by atoms with van der Waals surface area (Å²) >= 11 is 2.87. The largest absolute Gasteiger partial charge is 0.417 e. The molecule has 0 bridgehead atoms. The third kappa shape index (κ3) is 4.00. The van der Waals surface area contributed by atoms with E-state index in [2.05, 4.69) is 15.9 Å². The van der Waals surface area contributed by atoms with Crippen LogP contribution in [0.5, 0.6) is 0 Å². The number of halogens is 4. The molecule has 0 aliphatic carbocycles. The van der Waals surface area contributed by atoms with Crippen LogP contribution in [-0.4, -0.2) is 5.11 Å². The van der Waals surface area contributed by atoms with Crippen molar-refractivity contribution in [3.8, 4) is 0 Å². The summed E-state index contributed by atoms with van der Waals surface area (Å²) in [6.07, 6.45) is -3.06. The molecule has 1 atom stereocenters. The Morgan fingerprint density at radius 3 is 2.53 bits per heavy atom. The molecule has 0 saturated carbocycles. The summed E-state index contributed by atoms with van der Waals surface area (Å²) in [5, 5.41) is 9.75. The molecule has 0 aromatic heterocycles. The Hall–Kier alpha value is -0.550. The van der Waals surface area contributed by atoms with Crippen molar-refractivity contribution in [3.63, 3.8) is 0 Å². The fraction of sp³-hybridized carbons (Fsp3) is 0.500. The first-order valence-electron chi connectivity index (χ1n) is 5.41. The van der Waals surface area contributed by atoms with Gasteiger partial charge in [-0.05, 0) is 24.1 Å². The highest BCUT2D eigenvalue weighted by Crippen LogP contribution is 2.36. The minimum absolute atomic E-state index is 0.00329. The number of rotatable bonds is 4. The lowest BCUT2D eigenvalue weighted by Crippen LogP contribution is -2.08. The summed E-state index contributed by atoms with van der Waals surface area (Å²) in [5.41, 5.74) is -0.431. The molecule has 5 heteroatoms. The van der Waals surface area contributed by atoms with Crippen molar-refractivity contribution < 1.29 is 18.3 Å². The van der Waals surface area contributed by atoms with Gasteiger partial charge in [0.2, 0.25) is 0 Å². The van der Waals surface area contributed by atoms with Crippen LogP contribution in [0.4, 0.5) is 13.2 Å². The maximum absolute atomic E-state index is 12.6. The van der Waals surface area contributed by atoms with Crippen molar-refractivity contribution in [1.29, 1.82) is 0 Å². The molecule has 1 unspecified atom stereocenters. The van der Waals surface area contributed by atoms with E-state index in [1.54, 1.807) is 0 Å². The first-order valence-corrected chi connectivity index (χ1v) is 6.20. The topological polar surface area (TPSA) is 20.2 Å². The van der Waals surface area contributed by atoms with E-state index in [-0.39, 0.29) is 4.47 Å². The number of aliphatic hydroxyl groups excluding tert-OH is 1. The number of hydrogen-bond donors (Lipinski definition) is 1. The molecule has 0 saturated heterocycles. The highest BCUT2D eigenvalue weighted by molar-refractivity contribution is 9.10. The van der Waals surface area contributed by atoms with Crippen molar-refractivity contribution in [2.24, 2.45) is 0 Å². The van der Waals surface area contributed by atoms with Gasteiger partial charge in [0.15, 0.2) is 0 Å². The van der Waals surface area contributed by atoms with Gasteiger partial charge in [0.25, 0.3) is 0 Å². The fourth-order valence-electron chi connectivity index (χ4n) is 1.53. The molecule has 1 aromatic rings. The molecular formula is C12H14BrF3O. The molecule has 1 N–H and O–H groups in total. The van der Waals surface area contributed by atoms with E-state index in [1.165, 1.54) is 12.1 Å². The average molecular weight is 311 g/mol. The Labute approximate surface area is 107 Å². The standard InChI is InChI=1S/C12H14BrF3O/c1-2-3-4-11(17)8-5-6-10(13)9(7-8)12(14,15)16/h5-7,11,17H,2-4H2,1H3. The Kier molecular flexibility index (Phi) is 5.01. The second-order valence-electron chi connectivity index (χ2n) is 3.90. The molecule has 17 heavy (non-hydrogen) atoms. The van der Waals surface area contributed by atoms with Crippen LogP contribution >= 0.6 is 15.9 Å². The molecule has 0 spiro atoms. The molecule has 0 aliphatic rings. The van der Waals surface area contributed by atoms with Crippen LogP contribution < -0.4 is 0 Å². The molecule has 1 nitrogen and oxygen atoms in total. The number of benzene rings is 1. The van der Waals surface area contributed by atoms with E-state index in [4.69, 9.17) is 0 Å². The van der Waals surface area contributed by atoms with Gasteiger partial charge >= 0.3 is 6.18 Å². The Morgan fingerprint density at radius 1 is 1.35 bits per heavy atom. The van der Waals surface area contributed by atoms with Crippen molar-refractivity contribution in [1.82, 2.24) is 0 Å². The van der Waals surface area contributed by atoms with Crippen LogP contribution in [0.25, 0.3) is 0 Å². The predicted octanol–water partition coefficient (Wildman–Crippen LogP) is 4.69. The predicted molar refractivity (Wildman–Crippen MR) is 63.6 cm³/mol. The van der Waals surface area contributed by atoms with Crippen LogP contribution in [0.15, 0.2) is 22.7 Å². The zero-order chi connectivity index (χ0) is 13.1. The second-order valence-corrected chi connectivity index (χ2v) is 4.75. The molecule has 96 valence electrons. The quantitative estimate of drug-likeness (QED) is 0.855. The lowest BCUT2D eigenvalue weighted by molar-refractivity contribution is -0.138. The lowest BCUT2D eigenvalue weighted by atomic mass is 10.0. The van der Waals surface area contributed by atoms with Gasteiger partial charge in [0, 0.05) is 4.47 Å². The van der Waals surface area contributed by atoms with Gasteiger partial charge < -0.3 is 5.11 Å². The molecular weight excluding hydrogens is 297 g/mol. The summed E-state index contributed by atoms with van der Waals surface area (Å²) in [5.74, 6) is 0. The fourth-order valence-corrected chi connectivity index (χ4v) is 2.00. The normalized spacial score (nSPS) is 13.8. The van der Waals surface area contributed by atoms with E-state index in [0.717, 1.165) is 18.9 Å². The van der Waals surface area contributed by atoms with Gasteiger partial charge in [-0.1, -0.05) is 41.8 Å². The highest BCUT2D eigenvalue weighted by Gasteiger charge is 2.33. The van der Waals surface area contributed by atoms with E-state index in [9.17, 15) is 18.3 Å². The SMILES string of the molecule is CCCCC(O)c1ccc(Br)c(C(F)(F)F)c1. The van der Waals surface area contributed by atoms with Gasteiger partial charge in [-0.25, -0.2) is 0 Å². The number of unbranched alkanes of at least 4 members (excludes halogenated alkanes) is 1. The molecule has 0 amide bonds. The molecule has 0 radical (unpaired) electrons. The third-order valence-electron chi connectivity index (χ3n) is 2.51. The monoisotopic (exact) mass is 310 g/mol. The van der Waals surface area contributed by atoms with Crippen molar-refractivity contribution in [3.05, 3.63) is 33.8 Å². The van der Waals surface area contributed by atoms with Gasteiger partial charge in [0.05, 0.1) is 11.7 Å². The van der Waals surface area contributed by atoms with Crippen molar-refractivity contribution in [2.45, 2.75) is 38.5 Å². The highest BCUT2D eigenvalue weighted by atomic mass is 79.9. The number of aliphatic hydroxyl groups is 1. The van der Waals surface area contributed by atoms with Gasteiger partial charge in [0.1, 0.15) is 0 Å². The first kappa shape index (κ1) is 14.5. The van der Waals surface area contributed by atoms with Crippen LogP contribution in [-0.2, 0) is 6.18 Å². The zero-order valence-corrected chi connectivity index (χ0v) is 11.0. The van der Waals surface area contributed by atoms with Crippen molar-refractivity contribution in [2.75, 3.05) is 0 Å². The summed E-state index contributed by atoms with van der Waals surface area (Å²) in [6, 6.07) is 3.84. The summed E-state index contributed by atoms with van der Waals surface area (Å²) in [4.78, 5) is 0. The maximum Gasteiger partial charge on any atom is 0.417 e. The van der Waals surface area contributed by atoms with E-state index in [1.807, 2.05) is 6.92 Å². The summed E-state index contributed by atoms with van der Waals surface area (Å²) in [7, 11) is 0. The van der Waals surface area contributed by atoms with Crippen molar-refractivity contribution >= 4 is 15.9 Å². The Morgan fingerprint density at radius 2 is 2.00 bits per heavy atom. The molecule has 0 heterocycles. The summed E-state index contributed by atoms with van der Waals surface area (Å²) < 4.78 is 37.9. The van der Waals surface area contributed by atoms with E-state index in [0.29, 0.717) is 12.0 Å². The molecule has 0 aliphatic heterocycles. The number of alkyl halides is 3. The molecule has 1 rings (SSSR count). The van der Waals surface area contributed by atoms with Crippen LogP contribution in [0.3, 0.4) is 0 Å². The third-order valence-corrected chi connectivity index (χ3v) is 3.20. The maximum atomic E-state index is 12.6.